The number of hydrogen-bond donors (Lipinski definition) is 0. The van der Waals surface area contributed by atoms with Gasteiger partial charge in [0, 0.05) is 18.3 Å². The van der Waals surface area contributed by atoms with E-state index < -0.39 is 6.67 Å². The molecule has 0 spiro atoms. The van der Waals surface area contributed by atoms with Crippen molar-refractivity contribution >= 4 is 0 Å². The SMILES string of the molecule is FCCOC(Cc1ccccn1)c1ccccc1. The van der Waals surface area contributed by atoms with Crippen LogP contribution in [0.2, 0.25) is 0 Å². The Morgan fingerprint density at radius 2 is 1.83 bits per heavy atom. The smallest absolute Gasteiger partial charge is 0.113 e. The van der Waals surface area contributed by atoms with Gasteiger partial charge in [-0.25, -0.2) is 4.39 Å². The Morgan fingerprint density at radius 1 is 1.06 bits per heavy atom. The minimum Gasteiger partial charge on any atom is -0.370 e. The van der Waals surface area contributed by atoms with Gasteiger partial charge in [0.05, 0.1) is 12.7 Å². The number of hydrogen-bond acceptors (Lipinski definition) is 2. The average molecular weight is 245 g/mol. The standard InChI is InChI=1S/C15H16FNO/c16-9-11-18-15(13-6-2-1-3-7-13)12-14-8-4-5-10-17-14/h1-8,10,15H,9,11-12H2. The normalized spacial score (nSPS) is 12.3. The van der Waals surface area contributed by atoms with Crippen LogP contribution in [0.3, 0.4) is 0 Å². The van der Waals surface area contributed by atoms with Crippen LogP contribution in [0.25, 0.3) is 0 Å². The molecular formula is C15H16FNO. The predicted molar refractivity (Wildman–Crippen MR) is 69.1 cm³/mol. The highest BCUT2D eigenvalue weighted by atomic mass is 19.1. The summed E-state index contributed by atoms with van der Waals surface area (Å²) in [5.41, 5.74) is 2.00. The van der Waals surface area contributed by atoms with E-state index in [9.17, 15) is 4.39 Å². The molecule has 3 heteroatoms. The average Bonchev–Trinajstić information content (AvgIpc) is 2.45. The first-order chi connectivity index (χ1) is 8.90. The van der Waals surface area contributed by atoms with Crippen molar-refractivity contribution in [2.45, 2.75) is 12.5 Å². The molecule has 0 saturated carbocycles. The van der Waals surface area contributed by atoms with Gasteiger partial charge in [-0.05, 0) is 17.7 Å². The molecule has 0 radical (unpaired) electrons. The summed E-state index contributed by atoms with van der Waals surface area (Å²) in [5, 5.41) is 0. The highest BCUT2D eigenvalue weighted by molar-refractivity contribution is 5.19. The number of benzene rings is 1. The Hall–Kier alpha value is -1.74. The number of pyridine rings is 1. The van der Waals surface area contributed by atoms with Crippen molar-refractivity contribution in [1.29, 1.82) is 0 Å². The van der Waals surface area contributed by atoms with Gasteiger partial charge in [-0.3, -0.25) is 4.98 Å². The van der Waals surface area contributed by atoms with Gasteiger partial charge in [-0.2, -0.15) is 0 Å². The maximum Gasteiger partial charge on any atom is 0.113 e. The summed E-state index contributed by atoms with van der Waals surface area (Å²) in [4.78, 5) is 4.28. The molecule has 0 aliphatic carbocycles. The molecule has 2 rings (SSSR count). The minimum absolute atomic E-state index is 0.117. The van der Waals surface area contributed by atoms with Crippen LogP contribution in [-0.2, 0) is 11.2 Å². The fraction of sp³-hybridized carbons (Fsp3) is 0.267. The van der Waals surface area contributed by atoms with E-state index >= 15 is 0 Å². The Labute approximate surface area is 106 Å². The molecule has 0 fully saturated rings. The third-order valence-electron chi connectivity index (χ3n) is 2.69. The van der Waals surface area contributed by atoms with Gasteiger partial charge in [0.15, 0.2) is 0 Å². The lowest BCUT2D eigenvalue weighted by molar-refractivity contribution is 0.0432. The van der Waals surface area contributed by atoms with Gasteiger partial charge in [-0.15, -0.1) is 0 Å². The largest absolute Gasteiger partial charge is 0.370 e. The second-order valence-corrected chi connectivity index (χ2v) is 3.98. The van der Waals surface area contributed by atoms with E-state index in [0.717, 1.165) is 11.3 Å². The molecule has 1 unspecified atom stereocenters. The molecule has 1 aromatic carbocycles. The van der Waals surface area contributed by atoms with Crippen molar-refractivity contribution in [2.24, 2.45) is 0 Å². The Morgan fingerprint density at radius 3 is 2.50 bits per heavy atom. The molecule has 2 aromatic rings. The van der Waals surface area contributed by atoms with Crippen LogP contribution in [0.5, 0.6) is 0 Å². The van der Waals surface area contributed by atoms with Gasteiger partial charge in [0.1, 0.15) is 6.67 Å². The lowest BCUT2D eigenvalue weighted by Crippen LogP contribution is -2.10. The maximum absolute atomic E-state index is 12.3. The number of alkyl halides is 1. The molecule has 2 nitrogen and oxygen atoms in total. The van der Waals surface area contributed by atoms with Gasteiger partial charge in [0.25, 0.3) is 0 Å². The van der Waals surface area contributed by atoms with Gasteiger partial charge < -0.3 is 4.74 Å². The molecular weight excluding hydrogens is 229 g/mol. The number of halogens is 1. The second-order valence-electron chi connectivity index (χ2n) is 3.98. The summed E-state index contributed by atoms with van der Waals surface area (Å²) in [7, 11) is 0. The second kappa shape index (κ2) is 6.87. The van der Waals surface area contributed by atoms with Crippen LogP contribution in [0.1, 0.15) is 17.4 Å². The lowest BCUT2D eigenvalue weighted by Gasteiger charge is -2.17. The van der Waals surface area contributed by atoms with Crippen LogP contribution in [-0.4, -0.2) is 18.3 Å². The number of nitrogens with zero attached hydrogens (tertiary/aromatic N) is 1. The molecule has 18 heavy (non-hydrogen) atoms. The summed E-state index contributed by atoms with van der Waals surface area (Å²) < 4.78 is 17.8. The van der Waals surface area contributed by atoms with Crippen molar-refractivity contribution in [2.75, 3.05) is 13.3 Å². The fourth-order valence-electron chi connectivity index (χ4n) is 1.84. The van der Waals surface area contributed by atoms with E-state index in [-0.39, 0.29) is 12.7 Å². The zero-order valence-electron chi connectivity index (χ0n) is 10.1. The zero-order chi connectivity index (χ0) is 12.6. The molecule has 0 N–H and O–H groups in total. The monoisotopic (exact) mass is 245 g/mol. The maximum atomic E-state index is 12.3. The fourth-order valence-corrected chi connectivity index (χ4v) is 1.84. The highest BCUT2D eigenvalue weighted by Gasteiger charge is 2.13. The first-order valence-electron chi connectivity index (χ1n) is 6.02. The highest BCUT2D eigenvalue weighted by Crippen LogP contribution is 2.21. The van der Waals surface area contributed by atoms with E-state index in [1.807, 2.05) is 48.5 Å². The first-order valence-corrected chi connectivity index (χ1v) is 6.02. The van der Waals surface area contributed by atoms with Gasteiger partial charge in [0.2, 0.25) is 0 Å². The summed E-state index contributed by atoms with van der Waals surface area (Å²) >= 11 is 0. The quantitative estimate of drug-likeness (QED) is 0.778. The number of rotatable bonds is 6. The molecule has 1 atom stereocenters. The minimum atomic E-state index is -0.467. The molecule has 1 heterocycles. The third kappa shape index (κ3) is 3.64. The van der Waals surface area contributed by atoms with Crippen molar-refractivity contribution in [3.63, 3.8) is 0 Å². The van der Waals surface area contributed by atoms with Crippen LogP contribution >= 0.6 is 0 Å². The molecule has 0 aliphatic heterocycles. The summed E-state index contributed by atoms with van der Waals surface area (Å²) in [6, 6.07) is 15.6. The van der Waals surface area contributed by atoms with Crippen molar-refractivity contribution in [3.8, 4) is 0 Å². The van der Waals surface area contributed by atoms with E-state index in [1.54, 1.807) is 6.20 Å². The van der Waals surface area contributed by atoms with Gasteiger partial charge >= 0.3 is 0 Å². The topological polar surface area (TPSA) is 22.1 Å². The van der Waals surface area contributed by atoms with Gasteiger partial charge in [-0.1, -0.05) is 36.4 Å². The third-order valence-corrected chi connectivity index (χ3v) is 2.69. The Bertz CT molecular complexity index is 447. The van der Waals surface area contributed by atoms with E-state index in [0.29, 0.717) is 6.42 Å². The molecule has 0 aliphatic rings. The van der Waals surface area contributed by atoms with Crippen LogP contribution in [0, 0.1) is 0 Å². The van der Waals surface area contributed by atoms with Crippen molar-refractivity contribution in [3.05, 3.63) is 66.0 Å². The summed E-state index contributed by atoms with van der Waals surface area (Å²) in [5.74, 6) is 0. The first kappa shape index (κ1) is 12.7. The Balaban J connectivity index is 2.10. The van der Waals surface area contributed by atoms with Crippen LogP contribution < -0.4 is 0 Å². The Kier molecular flexibility index (Phi) is 4.85. The van der Waals surface area contributed by atoms with E-state index in [2.05, 4.69) is 4.98 Å². The lowest BCUT2D eigenvalue weighted by atomic mass is 10.0. The number of aromatic nitrogens is 1. The van der Waals surface area contributed by atoms with Crippen molar-refractivity contribution in [1.82, 2.24) is 4.98 Å². The number of ether oxygens (including phenoxy) is 1. The summed E-state index contributed by atoms with van der Waals surface area (Å²) in [6.07, 6.45) is 2.27. The predicted octanol–water partition coefficient (Wildman–Crippen LogP) is 3.35. The van der Waals surface area contributed by atoms with E-state index in [1.165, 1.54) is 0 Å². The summed E-state index contributed by atoms with van der Waals surface area (Å²) in [6.45, 7) is -0.349. The molecule has 0 saturated heterocycles. The molecule has 94 valence electrons. The molecule has 0 amide bonds. The van der Waals surface area contributed by atoms with E-state index in [4.69, 9.17) is 4.74 Å². The van der Waals surface area contributed by atoms with Crippen LogP contribution in [0.4, 0.5) is 4.39 Å². The molecule has 0 bridgehead atoms. The zero-order valence-corrected chi connectivity index (χ0v) is 10.1. The van der Waals surface area contributed by atoms with Crippen LogP contribution in [0.15, 0.2) is 54.7 Å². The molecule has 1 aromatic heterocycles. The van der Waals surface area contributed by atoms with Crippen molar-refractivity contribution < 1.29 is 9.13 Å².